The summed E-state index contributed by atoms with van der Waals surface area (Å²) in [5.74, 6) is 2.00. The third-order valence-corrected chi connectivity index (χ3v) is 5.05. The molecular weight excluding hydrogens is 420 g/mol. The average Bonchev–Trinajstić information content (AvgIpc) is 3.42. The summed E-state index contributed by atoms with van der Waals surface area (Å²) in [5.41, 5.74) is 2.89. The summed E-state index contributed by atoms with van der Waals surface area (Å²) in [5, 5.41) is 14.1. The minimum atomic E-state index is -0.277. The fourth-order valence-electron chi connectivity index (χ4n) is 3.13. The summed E-state index contributed by atoms with van der Waals surface area (Å²) >= 11 is 0. The van der Waals surface area contributed by atoms with Crippen LogP contribution in [0.15, 0.2) is 47.4 Å². The normalized spacial score (nSPS) is 11.4. The van der Waals surface area contributed by atoms with Crippen LogP contribution in [-0.4, -0.2) is 35.8 Å². The molecule has 0 saturated heterocycles. The fourth-order valence-corrected chi connectivity index (χ4v) is 3.13. The highest BCUT2D eigenvalue weighted by atomic mass is 16.5. The predicted octanol–water partition coefficient (Wildman–Crippen LogP) is 3.54. The Morgan fingerprint density at radius 1 is 1.15 bits per heavy atom. The van der Waals surface area contributed by atoms with E-state index in [1.165, 1.54) is 6.33 Å². The summed E-state index contributed by atoms with van der Waals surface area (Å²) in [6.07, 6.45) is 3.29. The summed E-state index contributed by atoms with van der Waals surface area (Å²) < 4.78 is 6.99. The lowest BCUT2D eigenvalue weighted by Gasteiger charge is -2.12. The van der Waals surface area contributed by atoms with Crippen LogP contribution in [0.2, 0.25) is 0 Å². The number of carbonyl (C=O) groups is 1. The second-order valence-electron chi connectivity index (χ2n) is 8.78. The monoisotopic (exact) mass is 446 g/mol. The van der Waals surface area contributed by atoms with Crippen molar-refractivity contribution in [3.63, 3.8) is 0 Å². The van der Waals surface area contributed by atoms with Crippen molar-refractivity contribution in [3.8, 4) is 11.4 Å². The first-order chi connectivity index (χ1) is 15.7. The second-order valence-corrected chi connectivity index (χ2v) is 8.78. The first-order valence-electron chi connectivity index (χ1n) is 10.5. The molecule has 1 aromatic carbocycles. The maximum absolute atomic E-state index is 12.5. The van der Waals surface area contributed by atoms with Gasteiger partial charge in [0.1, 0.15) is 12.1 Å². The van der Waals surface area contributed by atoms with Crippen molar-refractivity contribution in [1.29, 1.82) is 0 Å². The van der Waals surface area contributed by atoms with Crippen LogP contribution in [0.5, 0.6) is 0 Å². The van der Waals surface area contributed by atoms with Gasteiger partial charge < -0.3 is 15.2 Å². The summed E-state index contributed by atoms with van der Waals surface area (Å²) in [6, 6.07) is 9.36. The number of aryl methyl sites for hydroxylation is 2. The summed E-state index contributed by atoms with van der Waals surface area (Å²) in [6.45, 7) is 8.36. The molecular formula is C23H26N8O2. The quantitative estimate of drug-likeness (QED) is 0.461. The number of hydrogen-bond acceptors (Lipinski definition) is 8. The molecule has 1 amide bonds. The molecule has 4 rings (SSSR count). The molecule has 4 aromatic rings. The molecule has 0 unspecified atom stereocenters. The Morgan fingerprint density at radius 2 is 1.97 bits per heavy atom. The van der Waals surface area contributed by atoms with Crippen molar-refractivity contribution in [2.75, 3.05) is 5.32 Å². The van der Waals surface area contributed by atoms with E-state index in [9.17, 15) is 4.79 Å². The van der Waals surface area contributed by atoms with Gasteiger partial charge in [0.05, 0.1) is 0 Å². The molecule has 33 heavy (non-hydrogen) atoms. The number of hydrogen-bond donors (Lipinski definition) is 2. The molecule has 0 fully saturated rings. The second kappa shape index (κ2) is 8.81. The molecule has 0 saturated carbocycles. The smallest absolute Gasteiger partial charge is 0.273 e. The number of aromatic nitrogens is 6. The first kappa shape index (κ1) is 22.1. The zero-order valence-electron chi connectivity index (χ0n) is 19.2. The van der Waals surface area contributed by atoms with E-state index in [-0.39, 0.29) is 17.0 Å². The van der Waals surface area contributed by atoms with Crippen LogP contribution in [0.25, 0.3) is 11.4 Å². The lowest BCUT2D eigenvalue weighted by Crippen LogP contribution is -2.23. The van der Waals surface area contributed by atoms with Crippen LogP contribution in [0, 0.1) is 6.92 Å². The van der Waals surface area contributed by atoms with Crippen LogP contribution in [0.3, 0.4) is 0 Å². The van der Waals surface area contributed by atoms with Crippen molar-refractivity contribution in [2.45, 2.75) is 39.7 Å². The van der Waals surface area contributed by atoms with Gasteiger partial charge in [-0.25, -0.2) is 9.97 Å². The maximum Gasteiger partial charge on any atom is 0.273 e. The molecule has 3 aromatic heterocycles. The minimum absolute atomic E-state index is 0.208. The van der Waals surface area contributed by atoms with E-state index in [1.807, 2.05) is 65.2 Å². The molecule has 170 valence electrons. The highest BCUT2D eigenvalue weighted by Crippen LogP contribution is 2.23. The predicted molar refractivity (Wildman–Crippen MR) is 123 cm³/mol. The largest absolute Gasteiger partial charge is 0.360 e. The Balaban J connectivity index is 1.43. The SMILES string of the molecule is Cc1cc(-c2ncnc(Nc3ccn(C)n3)n2)ccc1CNC(=O)c1cc(C(C)(C)C)on1. The number of anilines is 2. The highest BCUT2D eigenvalue weighted by molar-refractivity contribution is 5.92. The average molecular weight is 447 g/mol. The Kier molecular flexibility index (Phi) is 5.91. The Bertz CT molecular complexity index is 1290. The number of benzene rings is 1. The summed E-state index contributed by atoms with van der Waals surface area (Å²) in [7, 11) is 1.84. The van der Waals surface area contributed by atoms with E-state index >= 15 is 0 Å². The molecule has 0 spiro atoms. The van der Waals surface area contributed by atoms with Crippen molar-refractivity contribution in [2.24, 2.45) is 7.05 Å². The van der Waals surface area contributed by atoms with Gasteiger partial charge in [0, 0.05) is 42.9 Å². The topological polar surface area (TPSA) is 124 Å². The van der Waals surface area contributed by atoms with Crippen LogP contribution >= 0.6 is 0 Å². The van der Waals surface area contributed by atoms with E-state index < -0.39 is 0 Å². The Hall–Kier alpha value is -4.08. The first-order valence-corrected chi connectivity index (χ1v) is 10.5. The van der Waals surface area contributed by atoms with Gasteiger partial charge in [-0.05, 0) is 24.1 Å². The zero-order valence-corrected chi connectivity index (χ0v) is 19.2. The van der Waals surface area contributed by atoms with Crippen LogP contribution in [-0.2, 0) is 19.0 Å². The molecule has 0 radical (unpaired) electrons. The van der Waals surface area contributed by atoms with Gasteiger partial charge in [-0.1, -0.05) is 38.1 Å². The van der Waals surface area contributed by atoms with Gasteiger partial charge in [0.2, 0.25) is 5.95 Å². The lowest BCUT2D eigenvalue weighted by molar-refractivity contribution is 0.0941. The third-order valence-electron chi connectivity index (χ3n) is 5.05. The van der Waals surface area contributed by atoms with Crippen molar-refractivity contribution in [1.82, 2.24) is 35.2 Å². The number of rotatable bonds is 6. The van der Waals surface area contributed by atoms with Gasteiger partial charge >= 0.3 is 0 Å². The number of nitrogens with one attached hydrogen (secondary N) is 2. The molecule has 0 aliphatic heterocycles. The molecule has 2 N–H and O–H groups in total. The Morgan fingerprint density at radius 3 is 2.64 bits per heavy atom. The zero-order chi connectivity index (χ0) is 23.6. The van der Waals surface area contributed by atoms with Crippen LogP contribution in [0.4, 0.5) is 11.8 Å². The van der Waals surface area contributed by atoms with E-state index in [2.05, 4.69) is 35.8 Å². The van der Waals surface area contributed by atoms with Crippen LogP contribution in [0.1, 0.15) is 48.1 Å². The van der Waals surface area contributed by atoms with E-state index in [1.54, 1.807) is 10.7 Å². The Labute approximate surface area is 191 Å². The standard InChI is InChI=1S/C23H26N8O2/c1-14-10-15(20-25-13-26-22(28-20)27-19-8-9-31(5)29-19)6-7-16(14)12-24-21(32)17-11-18(33-30-17)23(2,3)4/h6-11,13H,12H2,1-5H3,(H,24,32)(H,25,26,27,28,29). The third kappa shape index (κ3) is 5.22. The lowest BCUT2D eigenvalue weighted by atomic mass is 9.93. The van der Waals surface area contributed by atoms with Crippen molar-refractivity contribution in [3.05, 3.63) is 65.4 Å². The van der Waals surface area contributed by atoms with Crippen molar-refractivity contribution >= 4 is 17.7 Å². The van der Waals surface area contributed by atoms with Gasteiger partial charge in [0.15, 0.2) is 17.3 Å². The number of nitrogens with zero attached hydrogens (tertiary/aromatic N) is 6. The van der Waals surface area contributed by atoms with E-state index in [4.69, 9.17) is 4.52 Å². The van der Waals surface area contributed by atoms with Crippen molar-refractivity contribution < 1.29 is 9.32 Å². The summed E-state index contributed by atoms with van der Waals surface area (Å²) in [4.78, 5) is 25.4. The molecule has 3 heterocycles. The van der Waals surface area contributed by atoms with Gasteiger partial charge in [0.25, 0.3) is 5.91 Å². The maximum atomic E-state index is 12.5. The highest BCUT2D eigenvalue weighted by Gasteiger charge is 2.22. The molecule has 10 heteroatoms. The fraction of sp³-hybridized carbons (Fsp3) is 0.304. The van der Waals surface area contributed by atoms with Crippen LogP contribution < -0.4 is 10.6 Å². The van der Waals surface area contributed by atoms with E-state index in [0.29, 0.717) is 29.9 Å². The molecule has 0 atom stereocenters. The van der Waals surface area contributed by atoms with E-state index in [0.717, 1.165) is 16.7 Å². The molecule has 0 aliphatic rings. The van der Waals surface area contributed by atoms with Gasteiger partial charge in [-0.3, -0.25) is 9.48 Å². The molecule has 10 nitrogen and oxygen atoms in total. The van der Waals surface area contributed by atoms with Gasteiger partial charge in [-0.15, -0.1) is 0 Å². The molecule has 0 bridgehead atoms. The minimum Gasteiger partial charge on any atom is -0.360 e. The number of carbonyl (C=O) groups excluding carboxylic acids is 1. The molecule has 0 aliphatic carbocycles. The number of amides is 1. The van der Waals surface area contributed by atoms with Gasteiger partial charge in [-0.2, -0.15) is 10.1 Å².